The van der Waals surface area contributed by atoms with E-state index in [1.807, 2.05) is 66.7 Å². The van der Waals surface area contributed by atoms with Gasteiger partial charge in [-0.25, -0.2) is 5.11 Å². The minimum absolute atomic E-state index is 0.316. The summed E-state index contributed by atoms with van der Waals surface area (Å²) in [5, 5.41) is 11.3. The maximum Gasteiger partial charge on any atom is 0.129 e. The van der Waals surface area contributed by atoms with Crippen molar-refractivity contribution in [3.63, 3.8) is 0 Å². The molecule has 1 radical (unpaired) electrons. The van der Waals surface area contributed by atoms with Gasteiger partial charge >= 0.3 is 0 Å². The molecule has 0 heterocycles. The Hall–Kier alpha value is -2.78. The standard InChI is InChI=1S/C21H19O3/c22-14-19-11-12-20(23-15-17-7-3-1-4-8-17)13-21(19)24-16-18-9-5-2-6-10-18/h1-13H,14-16H2. The lowest BCUT2D eigenvalue weighted by Gasteiger charge is -2.13. The Morgan fingerprint density at radius 3 is 1.83 bits per heavy atom. The first kappa shape index (κ1) is 16.1. The minimum atomic E-state index is -0.316. The zero-order chi connectivity index (χ0) is 16.6. The summed E-state index contributed by atoms with van der Waals surface area (Å²) in [6.45, 7) is 0.592. The molecule has 0 N–H and O–H groups in total. The van der Waals surface area contributed by atoms with Crippen molar-refractivity contribution in [1.29, 1.82) is 0 Å². The summed E-state index contributed by atoms with van der Waals surface area (Å²) in [6.07, 6.45) is 0. The van der Waals surface area contributed by atoms with Crippen molar-refractivity contribution < 1.29 is 14.6 Å². The van der Waals surface area contributed by atoms with Crippen LogP contribution in [0, 0.1) is 0 Å². The van der Waals surface area contributed by atoms with Crippen molar-refractivity contribution in [1.82, 2.24) is 0 Å². The quantitative estimate of drug-likeness (QED) is 0.629. The number of hydrogen-bond donors (Lipinski definition) is 0. The van der Waals surface area contributed by atoms with Crippen LogP contribution in [0.1, 0.15) is 16.7 Å². The van der Waals surface area contributed by atoms with Crippen molar-refractivity contribution in [3.05, 3.63) is 95.6 Å². The van der Waals surface area contributed by atoms with Crippen LogP contribution in [0.25, 0.3) is 0 Å². The van der Waals surface area contributed by atoms with Crippen molar-refractivity contribution in [2.45, 2.75) is 19.8 Å². The summed E-state index contributed by atoms with van der Waals surface area (Å²) >= 11 is 0. The van der Waals surface area contributed by atoms with Crippen LogP contribution in [0.2, 0.25) is 0 Å². The van der Waals surface area contributed by atoms with Gasteiger partial charge in [-0.3, -0.25) is 0 Å². The SMILES string of the molecule is [O]Cc1ccc(OCc2ccccc2)cc1OCc1ccccc1. The van der Waals surface area contributed by atoms with E-state index in [4.69, 9.17) is 9.47 Å². The lowest BCUT2D eigenvalue weighted by Crippen LogP contribution is -2.00. The fourth-order valence-electron chi connectivity index (χ4n) is 2.35. The lowest BCUT2D eigenvalue weighted by molar-refractivity contribution is 0.171. The van der Waals surface area contributed by atoms with Gasteiger partial charge in [-0.2, -0.15) is 0 Å². The maximum atomic E-state index is 11.3. The van der Waals surface area contributed by atoms with Gasteiger partial charge in [0.15, 0.2) is 0 Å². The van der Waals surface area contributed by atoms with Gasteiger partial charge in [0.05, 0.1) is 0 Å². The second-order valence-electron chi connectivity index (χ2n) is 5.46. The molecule has 121 valence electrons. The zero-order valence-corrected chi connectivity index (χ0v) is 13.4. The first-order valence-electron chi connectivity index (χ1n) is 7.89. The van der Waals surface area contributed by atoms with Crippen molar-refractivity contribution in [2.24, 2.45) is 0 Å². The first-order chi connectivity index (χ1) is 11.8. The Kier molecular flexibility index (Phi) is 5.48. The van der Waals surface area contributed by atoms with Gasteiger partial charge in [-0.1, -0.05) is 60.7 Å². The van der Waals surface area contributed by atoms with Crippen LogP contribution in [0.3, 0.4) is 0 Å². The molecular formula is C21H19O3. The predicted octanol–water partition coefficient (Wildman–Crippen LogP) is 4.78. The Morgan fingerprint density at radius 1 is 0.667 bits per heavy atom. The van der Waals surface area contributed by atoms with E-state index in [1.165, 1.54) is 0 Å². The molecule has 3 nitrogen and oxygen atoms in total. The normalized spacial score (nSPS) is 10.4. The van der Waals surface area contributed by atoms with Crippen LogP contribution in [0.4, 0.5) is 0 Å². The van der Waals surface area contributed by atoms with Crippen molar-refractivity contribution in [3.8, 4) is 11.5 Å². The Labute approximate surface area is 142 Å². The van der Waals surface area contributed by atoms with Gasteiger partial charge in [-0.05, 0) is 23.3 Å². The summed E-state index contributed by atoms with van der Waals surface area (Å²) in [4.78, 5) is 0. The van der Waals surface area contributed by atoms with Crippen LogP contribution in [-0.4, -0.2) is 0 Å². The largest absolute Gasteiger partial charge is 0.489 e. The van der Waals surface area contributed by atoms with E-state index < -0.39 is 0 Å². The van der Waals surface area contributed by atoms with Crippen molar-refractivity contribution >= 4 is 0 Å². The molecule has 0 aliphatic heterocycles. The van der Waals surface area contributed by atoms with Crippen LogP contribution in [0.15, 0.2) is 78.9 Å². The third kappa shape index (κ3) is 4.37. The highest BCUT2D eigenvalue weighted by Gasteiger charge is 2.07. The molecule has 3 aromatic carbocycles. The summed E-state index contributed by atoms with van der Waals surface area (Å²) in [7, 11) is 0. The second kappa shape index (κ2) is 8.18. The van der Waals surface area contributed by atoms with E-state index >= 15 is 0 Å². The van der Waals surface area contributed by atoms with E-state index in [0.29, 0.717) is 30.3 Å². The molecule has 0 atom stereocenters. The Morgan fingerprint density at radius 2 is 1.25 bits per heavy atom. The van der Waals surface area contributed by atoms with Crippen LogP contribution >= 0.6 is 0 Å². The van der Waals surface area contributed by atoms with Gasteiger partial charge in [-0.15, -0.1) is 0 Å². The minimum Gasteiger partial charge on any atom is -0.489 e. The molecule has 3 heteroatoms. The molecule has 0 saturated heterocycles. The number of benzene rings is 3. The molecule has 0 unspecified atom stereocenters. The van der Waals surface area contributed by atoms with Crippen LogP contribution in [0.5, 0.6) is 11.5 Å². The topological polar surface area (TPSA) is 38.4 Å². The maximum absolute atomic E-state index is 11.3. The van der Waals surface area contributed by atoms with E-state index in [2.05, 4.69) is 0 Å². The zero-order valence-electron chi connectivity index (χ0n) is 13.4. The van der Waals surface area contributed by atoms with Gasteiger partial charge in [0.25, 0.3) is 0 Å². The summed E-state index contributed by atoms with van der Waals surface area (Å²) < 4.78 is 11.6. The average molecular weight is 319 g/mol. The van der Waals surface area contributed by atoms with E-state index in [9.17, 15) is 5.11 Å². The van der Waals surface area contributed by atoms with E-state index in [1.54, 1.807) is 12.1 Å². The molecule has 3 aromatic rings. The van der Waals surface area contributed by atoms with Gasteiger partial charge in [0, 0.05) is 11.6 Å². The average Bonchev–Trinajstić information content (AvgIpc) is 2.66. The number of hydrogen-bond acceptors (Lipinski definition) is 2. The van der Waals surface area contributed by atoms with Crippen LogP contribution in [-0.2, 0) is 24.9 Å². The molecule has 0 bridgehead atoms. The van der Waals surface area contributed by atoms with Gasteiger partial charge in [0.1, 0.15) is 31.3 Å². The number of rotatable bonds is 7. The molecule has 0 fully saturated rings. The van der Waals surface area contributed by atoms with Crippen LogP contribution < -0.4 is 9.47 Å². The molecule has 24 heavy (non-hydrogen) atoms. The van der Waals surface area contributed by atoms with E-state index in [-0.39, 0.29) is 6.61 Å². The first-order valence-corrected chi connectivity index (χ1v) is 7.89. The third-order valence-corrected chi connectivity index (χ3v) is 3.68. The van der Waals surface area contributed by atoms with E-state index in [0.717, 1.165) is 11.1 Å². The highest BCUT2D eigenvalue weighted by atomic mass is 16.5. The van der Waals surface area contributed by atoms with Gasteiger partial charge in [0.2, 0.25) is 0 Å². The molecule has 0 aliphatic rings. The van der Waals surface area contributed by atoms with Gasteiger partial charge < -0.3 is 9.47 Å². The summed E-state index contributed by atoms with van der Waals surface area (Å²) in [5.74, 6) is 1.28. The monoisotopic (exact) mass is 319 g/mol. The molecular weight excluding hydrogens is 300 g/mol. The summed E-state index contributed by atoms with van der Waals surface area (Å²) in [5.41, 5.74) is 2.79. The highest BCUT2D eigenvalue weighted by Crippen LogP contribution is 2.26. The fourth-order valence-corrected chi connectivity index (χ4v) is 2.35. The molecule has 3 rings (SSSR count). The smallest absolute Gasteiger partial charge is 0.129 e. The Balaban J connectivity index is 1.68. The number of ether oxygens (including phenoxy) is 2. The molecule has 0 aliphatic carbocycles. The third-order valence-electron chi connectivity index (χ3n) is 3.68. The molecule has 0 amide bonds. The Bertz CT molecular complexity index is 755. The second-order valence-corrected chi connectivity index (χ2v) is 5.46. The highest BCUT2D eigenvalue weighted by molar-refractivity contribution is 5.40. The molecule has 0 spiro atoms. The fraction of sp³-hybridized carbons (Fsp3) is 0.143. The summed E-state index contributed by atoms with van der Waals surface area (Å²) in [6, 6.07) is 25.2. The van der Waals surface area contributed by atoms with Crippen molar-refractivity contribution in [2.75, 3.05) is 0 Å². The predicted molar refractivity (Wildman–Crippen MR) is 92.4 cm³/mol. The molecule has 0 saturated carbocycles. The molecule has 0 aromatic heterocycles. The lowest BCUT2D eigenvalue weighted by atomic mass is 10.2.